The average molecular weight is 485 g/mol. The van der Waals surface area contributed by atoms with Gasteiger partial charge in [0.1, 0.15) is 12.6 Å². The van der Waals surface area contributed by atoms with Crippen molar-refractivity contribution in [1.29, 1.82) is 0 Å². The number of hydrogen-bond donors (Lipinski definition) is 3. The van der Waals surface area contributed by atoms with Gasteiger partial charge in [-0.1, -0.05) is 55.0 Å². The number of rotatable bonds is 13. The summed E-state index contributed by atoms with van der Waals surface area (Å²) < 4.78 is 5.52. The van der Waals surface area contributed by atoms with Gasteiger partial charge < -0.3 is 20.5 Å². The number of alkyl carbamates (subject to hydrolysis) is 1. The number of fused-ring (bicyclic) bond motifs is 3. The summed E-state index contributed by atoms with van der Waals surface area (Å²) >= 11 is 1.79. The monoisotopic (exact) mass is 484 g/mol. The molecular formula is C26H32N2O5S. The van der Waals surface area contributed by atoms with E-state index in [1.54, 1.807) is 11.8 Å². The van der Waals surface area contributed by atoms with Crippen molar-refractivity contribution in [1.82, 2.24) is 10.6 Å². The lowest BCUT2D eigenvalue weighted by Crippen LogP contribution is -2.47. The molecule has 8 heteroatoms. The van der Waals surface area contributed by atoms with Gasteiger partial charge in [0.05, 0.1) is 0 Å². The number of thioether (sulfide) groups is 1. The minimum atomic E-state index is -1.02. The van der Waals surface area contributed by atoms with Crippen LogP contribution in [-0.2, 0) is 14.3 Å². The minimum absolute atomic E-state index is 0.00215. The summed E-state index contributed by atoms with van der Waals surface area (Å²) in [5.74, 6) is -0.423. The predicted molar refractivity (Wildman–Crippen MR) is 134 cm³/mol. The molecule has 3 N–H and O–H groups in total. The first kappa shape index (κ1) is 25.6. The summed E-state index contributed by atoms with van der Waals surface area (Å²) in [6.45, 7) is 0.617. The summed E-state index contributed by atoms with van der Waals surface area (Å²) in [5.41, 5.74) is 4.45. The summed E-state index contributed by atoms with van der Waals surface area (Å²) in [7, 11) is 0. The Kier molecular flexibility index (Phi) is 9.82. The normalized spacial score (nSPS) is 13.0. The van der Waals surface area contributed by atoms with Crippen molar-refractivity contribution in [3.8, 4) is 11.1 Å². The van der Waals surface area contributed by atoms with Crippen molar-refractivity contribution in [3.63, 3.8) is 0 Å². The molecule has 0 bridgehead atoms. The second-order valence-electron chi connectivity index (χ2n) is 8.30. The van der Waals surface area contributed by atoms with Gasteiger partial charge in [-0.15, -0.1) is 0 Å². The zero-order valence-corrected chi connectivity index (χ0v) is 20.2. The van der Waals surface area contributed by atoms with E-state index in [9.17, 15) is 14.4 Å². The van der Waals surface area contributed by atoms with E-state index in [-0.39, 0.29) is 31.3 Å². The van der Waals surface area contributed by atoms with E-state index < -0.39 is 18.1 Å². The Hall–Kier alpha value is -3.00. The molecule has 1 aliphatic carbocycles. The maximum Gasteiger partial charge on any atom is 0.407 e. The quantitative estimate of drug-likeness (QED) is 0.364. The first-order valence-electron chi connectivity index (χ1n) is 11.6. The number of unbranched alkanes of at least 4 members (excludes halogenated alkanes) is 2. The highest BCUT2D eigenvalue weighted by Crippen LogP contribution is 2.44. The lowest BCUT2D eigenvalue weighted by molar-refractivity contribution is -0.137. The molecule has 1 atom stereocenters. The molecule has 0 fully saturated rings. The highest BCUT2D eigenvalue weighted by Gasteiger charge is 2.29. The number of hydrogen-bond acceptors (Lipinski definition) is 5. The molecule has 2 amide bonds. The molecule has 1 aliphatic rings. The lowest BCUT2D eigenvalue weighted by Gasteiger charge is -2.19. The largest absolute Gasteiger partial charge is 0.481 e. The molecule has 182 valence electrons. The van der Waals surface area contributed by atoms with E-state index in [0.29, 0.717) is 6.54 Å². The third-order valence-corrected chi connectivity index (χ3v) is 6.62. The molecule has 1 unspecified atom stereocenters. The van der Waals surface area contributed by atoms with Gasteiger partial charge in [0.2, 0.25) is 5.91 Å². The van der Waals surface area contributed by atoms with Gasteiger partial charge in [-0.3, -0.25) is 9.59 Å². The van der Waals surface area contributed by atoms with Crippen LogP contribution in [0.25, 0.3) is 11.1 Å². The molecule has 0 spiro atoms. The Morgan fingerprint density at radius 1 is 1.00 bits per heavy atom. The molecule has 34 heavy (non-hydrogen) atoms. The number of carbonyl (C=O) groups is 3. The van der Waals surface area contributed by atoms with Gasteiger partial charge >= 0.3 is 12.1 Å². The van der Waals surface area contributed by atoms with Crippen LogP contribution < -0.4 is 10.6 Å². The van der Waals surface area contributed by atoms with Gasteiger partial charge in [-0.25, -0.2) is 4.79 Å². The van der Waals surface area contributed by atoms with Crippen LogP contribution in [0.1, 0.15) is 49.1 Å². The molecule has 2 aromatic carbocycles. The molecule has 0 aliphatic heterocycles. The molecular weight excluding hydrogens is 452 g/mol. The van der Waals surface area contributed by atoms with Crippen LogP contribution in [0.3, 0.4) is 0 Å². The van der Waals surface area contributed by atoms with Gasteiger partial charge in [-0.05, 0) is 53.5 Å². The van der Waals surface area contributed by atoms with E-state index >= 15 is 0 Å². The summed E-state index contributed by atoms with van der Waals surface area (Å²) in [5, 5.41) is 14.4. The fourth-order valence-electron chi connectivity index (χ4n) is 4.20. The van der Waals surface area contributed by atoms with Crippen LogP contribution in [0.15, 0.2) is 48.5 Å². The fraction of sp³-hybridized carbons (Fsp3) is 0.423. The first-order valence-corrected chi connectivity index (χ1v) is 13.0. The van der Waals surface area contributed by atoms with E-state index in [0.717, 1.165) is 47.3 Å². The van der Waals surface area contributed by atoms with Gasteiger partial charge in [-0.2, -0.15) is 11.8 Å². The molecule has 0 saturated carbocycles. The lowest BCUT2D eigenvalue weighted by atomic mass is 9.98. The molecule has 0 radical (unpaired) electrons. The van der Waals surface area contributed by atoms with E-state index in [2.05, 4.69) is 29.0 Å². The number of benzene rings is 2. The highest BCUT2D eigenvalue weighted by molar-refractivity contribution is 7.98. The number of carbonyl (C=O) groups excluding carboxylic acids is 2. The predicted octanol–water partition coefficient (Wildman–Crippen LogP) is 4.41. The number of carboxylic acids is 1. The molecule has 0 saturated heterocycles. The van der Waals surface area contributed by atoms with Crippen LogP contribution in [0, 0.1) is 0 Å². The maximum atomic E-state index is 12.6. The van der Waals surface area contributed by atoms with Crippen molar-refractivity contribution in [2.45, 2.75) is 44.1 Å². The maximum absolute atomic E-state index is 12.6. The molecule has 0 heterocycles. The van der Waals surface area contributed by atoms with Crippen LogP contribution in [-0.4, -0.2) is 54.3 Å². The molecule has 7 nitrogen and oxygen atoms in total. The Labute approximate surface area is 204 Å². The van der Waals surface area contributed by atoms with Crippen molar-refractivity contribution in [2.75, 3.05) is 25.2 Å². The van der Waals surface area contributed by atoms with Gasteiger partial charge in [0.25, 0.3) is 0 Å². The number of aliphatic carboxylic acids is 1. The molecule has 0 aromatic heterocycles. The van der Waals surface area contributed by atoms with Crippen LogP contribution in [0.4, 0.5) is 4.79 Å². The van der Waals surface area contributed by atoms with Crippen LogP contribution in [0.2, 0.25) is 0 Å². The highest BCUT2D eigenvalue weighted by atomic mass is 32.2. The summed E-state index contributed by atoms with van der Waals surface area (Å²) in [4.78, 5) is 36.2. The second kappa shape index (κ2) is 13.0. The third kappa shape index (κ3) is 7.00. The Balaban J connectivity index is 1.56. The van der Waals surface area contributed by atoms with Crippen molar-refractivity contribution < 1.29 is 24.2 Å². The van der Waals surface area contributed by atoms with Gasteiger partial charge in [0, 0.05) is 18.9 Å². The number of nitrogens with one attached hydrogen (secondary N) is 2. The zero-order valence-electron chi connectivity index (χ0n) is 19.4. The Morgan fingerprint density at radius 2 is 1.65 bits per heavy atom. The Morgan fingerprint density at radius 3 is 2.26 bits per heavy atom. The van der Waals surface area contributed by atoms with Crippen molar-refractivity contribution >= 4 is 29.7 Å². The fourth-order valence-corrected chi connectivity index (χ4v) is 4.69. The standard InChI is InChI=1S/C26H32N2O5S/c1-34-16-8-2-7-15-27-25(31)23(13-14-24(29)30)28-26(32)33-17-22-20-11-5-3-9-18(20)19-10-4-6-12-21(19)22/h3-6,9-12,22-23H,2,7-8,13-17H2,1H3,(H,27,31)(H,28,32)(H,29,30). The number of carboxylic acid groups (broad SMARTS) is 1. The summed E-state index contributed by atoms with van der Waals surface area (Å²) in [6, 6.07) is 15.1. The molecule has 2 aromatic rings. The second-order valence-corrected chi connectivity index (χ2v) is 9.28. The van der Waals surface area contributed by atoms with Crippen molar-refractivity contribution in [3.05, 3.63) is 59.7 Å². The van der Waals surface area contributed by atoms with E-state index in [4.69, 9.17) is 9.84 Å². The number of ether oxygens (including phenoxy) is 1. The zero-order chi connectivity index (χ0) is 24.3. The van der Waals surface area contributed by atoms with Gasteiger partial charge in [0.15, 0.2) is 0 Å². The van der Waals surface area contributed by atoms with E-state index in [1.807, 2.05) is 36.4 Å². The molecule has 3 rings (SSSR count). The first-order chi connectivity index (χ1) is 16.5. The van der Waals surface area contributed by atoms with E-state index in [1.165, 1.54) is 0 Å². The third-order valence-electron chi connectivity index (χ3n) is 5.92. The van der Waals surface area contributed by atoms with Crippen LogP contribution in [0.5, 0.6) is 0 Å². The SMILES string of the molecule is CSCCCCCNC(=O)C(CCC(=O)O)NC(=O)OCC1c2ccccc2-c2ccccc21. The topological polar surface area (TPSA) is 105 Å². The average Bonchev–Trinajstić information content (AvgIpc) is 3.16. The van der Waals surface area contributed by atoms with Crippen molar-refractivity contribution in [2.24, 2.45) is 0 Å². The number of amides is 2. The smallest absolute Gasteiger partial charge is 0.407 e. The summed E-state index contributed by atoms with van der Waals surface area (Å²) in [6.07, 6.45) is 4.02. The van der Waals surface area contributed by atoms with Crippen LogP contribution >= 0.6 is 11.8 Å². The minimum Gasteiger partial charge on any atom is -0.481 e. The Bertz CT molecular complexity index is 951.